The lowest BCUT2D eigenvalue weighted by atomic mass is 10.1. The van der Waals surface area contributed by atoms with E-state index in [0.717, 1.165) is 6.54 Å². The molecule has 0 aliphatic carbocycles. The van der Waals surface area contributed by atoms with Crippen LogP contribution in [0.2, 0.25) is 0 Å². The van der Waals surface area contributed by atoms with Gasteiger partial charge < -0.3 is 0 Å². The number of hydrogen-bond donors (Lipinski definition) is 0. The highest BCUT2D eigenvalue weighted by Gasteiger charge is 2.33. The summed E-state index contributed by atoms with van der Waals surface area (Å²) < 4.78 is 25.7. The number of halogens is 2. The number of nitrogens with zero attached hydrogens (tertiary/aromatic N) is 1. The van der Waals surface area contributed by atoms with Crippen molar-refractivity contribution in [2.45, 2.75) is 25.3 Å². The van der Waals surface area contributed by atoms with Crippen LogP contribution in [0, 0.1) is 0 Å². The van der Waals surface area contributed by atoms with E-state index in [0.29, 0.717) is 13.1 Å². The Labute approximate surface area is 86.3 Å². The highest BCUT2D eigenvalue weighted by molar-refractivity contribution is 7.07. The molecule has 1 fully saturated rings. The van der Waals surface area contributed by atoms with Crippen molar-refractivity contribution in [1.29, 1.82) is 0 Å². The van der Waals surface area contributed by atoms with Gasteiger partial charge in [-0.05, 0) is 22.4 Å². The molecule has 0 bridgehead atoms. The molecule has 0 unspecified atom stereocenters. The van der Waals surface area contributed by atoms with Gasteiger partial charge in [0.1, 0.15) is 0 Å². The van der Waals surface area contributed by atoms with Crippen LogP contribution in [0.3, 0.4) is 0 Å². The van der Waals surface area contributed by atoms with E-state index >= 15 is 0 Å². The summed E-state index contributed by atoms with van der Waals surface area (Å²) in [6.07, 6.45) is 0.0221. The number of hydrogen-bond acceptors (Lipinski definition) is 2. The van der Waals surface area contributed by atoms with E-state index in [1.807, 2.05) is 5.38 Å². The van der Waals surface area contributed by atoms with E-state index in [-0.39, 0.29) is 12.8 Å². The predicted octanol–water partition coefficient (Wildman–Crippen LogP) is 2.98. The average molecular weight is 217 g/mol. The van der Waals surface area contributed by atoms with E-state index in [9.17, 15) is 8.78 Å². The maximum atomic E-state index is 12.8. The molecule has 0 aromatic carbocycles. The highest BCUT2D eigenvalue weighted by atomic mass is 32.1. The third-order valence-corrected chi connectivity index (χ3v) is 3.31. The zero-order valence-electron chi connectivity index (χ0n) is 7.88. The Morgan fingerprint density at radius 2 is 2.07 bits per heavy atom. The molecule has 0 atom stereocenters. The fourth-order valence-electron chi connectivity index (χ4n) is 1.68. The monoisotopic (exact) mass is 217 g/mol. The van der Waals surface area contributed by atoms with Crippen molar-refractivity contribution >= 4 is 11.3 Å². The lowest BCUT2D eigenvalue weighted by Gasteiger charge is -2.31. The topological polar surface area (TPSA) is 3.24 Å². The molecule has 1 aromatic heterocycles. The summed E-state index contributed by atoms with van der Waals surface area (Å²) in [5, 5.41) is 4.10. The first-order valence-electron chi connectivity index (χ1n) is 4.77. The minimum absolute atomic E-state index is 0.0110. The van der Waals surface area contributed by atoms with E-state index in [4.69, 9.17) is 0 Å². The first-order chi connectivity index (χ1) is 6.66. The summed E-state index contributed by atoms with van der Waals surface area (Å²) in [5.74, 6) is -2.43. The molecule has 14 heavy (non-hydrogen) atoms. The maximum Gasteiger partial charge on any atom is 0.250 e. The molecule has 0 N–H and O–H groups in total. The average Bonchev–Trinajstić information content (AvgIpc) is 2.61. The summed E-state index contributed by atoms with van der Waals surface area (Å²) in [6.45, 7) is 1.85. The third-order valence-electron chi connectivity index (χ3n) is 2.57. The van der Waals surface area contributed by atoms with Crippen molar-refractivity contribution in [1.82, 2.24) is 4.90 Å². The fourth-order valence-corrected chi connectivity index (χ4v) is 2.34. The normalized spacial score (nSPS) is 22.4. The van der Waals surface area contributed by atoms with Gasteiger partial charge in [-0.3, -0.25) is 4.90 Å². The lowest BCUT2D eigenvalue weighted by molar-refractivity contribution is -0.0566. The SMILES string of the molecule is FC1(F)CCN(Cc2ccsc2)CC1. The van der Waals surface area contributed by atoms with Gasteiger partial charge in [0.2, 0.25) is 0 Å². The molecule has 4 heteroatoms. The number of alkyl halides is 2. The van der Waals surface area contributed by atoms with Gasteiger partial charge in [-0.1, -0.05) is 0 Å². The Kier molecular flexibility index (Phi) is 2.83. The van der Waals surface area contributed by atoms with Crippen LogP contribution in [0.15, 0.2) is 16.8 Å². The zero-order valence-corrected chi connectivity index (χ0v) is 8.70. The Balaban J connectivity index is 1.85. The Hall–Kier alpha value is -0.480. The van der Waals surface area contributed by atoms with Crippen molar-refractivity contribution in [2.24, 2.45) is 0 Å². The van der Waals surface area contributed by atoms with E-state index < -0.39 is 5.92 Å². The molecule has 1 aliphatic heterocycles. The molecule has 2 heterocycles. The summed E-state index contributed by atoms with van der Waals surface area (Å²) in [6, 6.07) is 2.05. The zero-order chi connectivity index (χ0) is 10.0. The maximum absolute atomic E-state index is 12.8. The molecule has 0 radical (unpaired) electrons. The molecule has 1 saturated heterocycles. The molecule has 78 valence electrons. The quantitative estimate of drug-likeness (QED) is 0.736. The van der Waals surface area contributed by atoms with Gasteiger partial charge in [0, 0.05) is 32.5 Å². The second-order valence-corrected chi connectivity index (χ2v) is 4.54. The van der Waals surface area contributed by atoms with Gasteiger partial charge in [0.05, 0.1) is 0 Å². The Morgan fingerprint density at radius 1 is 1.36 bits per heavy atom. The first-order valence-corrected chi connectivity index (χ1v) is 5.71. The molecule has 0 spiro atoms. The number of piperidine rings is 1. The van der Waals surface area contributed by atoms with Crippen LogP contribution in [0.4, 0.5) is 8.78 Å². The molecule has 0 amide bonds. The van der Waals surface area contributed by atoms with Crippen LogP contribution in [0.5, 0.6) is 0 Å². The van der Waals surface area contributed by atoms with Gasteiger partial charge in [0.15, 0.2) is 0 Å². The predicted molar refractivity (Wildman–Crippen MR) is 53.8 cm³/mol. The van der Waals surface area contributed by atoms with Crippen LogP contribution in [0.1, 0.15) is 18.4 Å². The summed E-state index contributed by atoms with van der Waals surface area (Å²) in [7, 11) is 0. The third kappa shape index (κ3) is 2.51. The van der Waals surface area contributed by atoms with Gasteiger partial charge >= 0.3 is 0 Å². The van der Waals surface area contributed by atoms with Crippen LogP contribution < -0.4 is 0 Å². The number of likely N-dealkylation sites (tertiary alicyclic amines) is 1. The van der Waals surface area contributed by atoms with E-state index in [2.05, 4.69) is 16.3 Å². The van der Waals surface area contributed by atoms with Crippen LogP contribution in [0.25, 0.3) is 0 Å². The molecule has 2 rings (SSSR count). The van der Waals surface area contributed by atoms with Gasteiger partial charge in [-0.25, -0.2) is 8.78 Å². The smallest absolute Gasteiger partial charge is 0.250 e. The standard InChI is InChI=1S/C10H13F2NS/c11-10(12)2-4-13(5-3-10)7-9-1-6-14-8-9/h1,6,8H,2-5,7H2. The van der Waals surface area contributed by atoms with E-state index in [1.165, 1.54) is 5.56 Å². The minimum atomic E-state index is -2.43. The van der Waals surface area contributed by atoms with Gasteiger partial charge in [-0.15, -0.1) is 0 Å². The molecular formula is C10H13F2NS. The van der Waals surface area contributed by atoms with Crippen molar-refractivity contribution in [3.63, 3.8) is 0 Å². The molecule has 0 saturated carbocycles. The largest absolute Gasteiger partial charge is 0.299 e. The van der Waals surface area contributed by atoms with E-state index in [1.54, 1.807) is 11.3 Å². The van der Waals surface area contributed by atoms with Crippen molar-refractivity contribution in [3.05, 3.63) is 22.4 Å². The van der Waals surface area contributed by atoms with Gasteiger partial charge in [0.25, 0.3) is 5.92 Å². The summed E-state index contributed by atoms with van der Waals surface area (Å²) in [4.78, 5) is 2.10. The van der Waals surface area contributed by atoms with Crippen LogP contribution >= 0.6 is 11.3 Å². The summed E-state index contributed by atoms with van der Waals surface area (Å²) >= 11 is 1.65. The summed E-state index contributed by atoms with van der Waals surface area (Å²) in [5.41, 5.74) is 1.24. The van der Waals surface area contributed by atoms with Crippen molar-refractivity contribution < 1.29 is 8.78 Å². The minimum Gasteiger partial charge on any atom is -0.299 e. The van der Waals surface area contributed by atoms with Crippen molar-refractivity contribution in [2.75, 3.05) is 13.1 Å². The fraction of sp³-hybridized carbons (Fsp3) is 0.600. The first kappa shape index (κ1) is 10.1. The van der Waals surface area contributed by atoms with Crippen LogP contribution in [-0.4, -0.2) is 23.9 Å². The lowest BCUT2D eigenvalue weighted by Crippen LogP contribution is -2.38. The highest BCUT2D eigenvalue weighted by Crippen LogP contribution is 2.28. The molecule has 1 aromatic rings. The number of thiophene rings is 1. The molecular weight excluding hydrogens is 204 g/mol. The Bertz CT molecular complexity index is 274. The molecule has 1 nitrogen and oxygen atoms in total. The van der Waals surface area contributed by atoms with Crippen molar-refractivity contribution in [3.8, 4) is 0 Å². The van der Waals surface area contributed by atoms with Gasteiger partial charge in [-0.2, -0.15) is 11.3 Å². The second-order valence-electron chi connectivity index (χ2n) is 3.76. The van der Waals surface area contributed by atoms with Crippen LogP contribution in [-0.2, 0) is 6.54 Å². The molecule has 1 aliphatic rings. The number of rotatable bonds is 2. The second kappa shape index (κ2) is 3.95. The Morgan fingerprint density at radius 3 is 2.64 bits per heavy atom.